The van der Waals surface area contributed by atoms with E-state index in [-0.39, 0.29) is 28.1 Å². The number of halogens is 3. The summed E-state index contributed by atoms with van der Waals surface area (Å²) in [6, 6.07) is 71.5. The zero-order valence-electron chi connectivity index (χ0n) is 40.8. The molecule has 12 aromatic rings. The Hall–Kier alpha value is -11.5. The zero-order chi connectivity index (χ0) is 53.8. The Bertz CT molecular complexity index is 4330. The summed E-state index contributed by atoms with van der Waals surface area (Å²) < 4.78 is 51.5. The van der Waals surface area contributed by atoms with Crippen LogP contribution in [0.3, 0.4) is 0 Å². The lowest BCUT2D eigenvalue weighted by Gasteiger charge is -2.24. The molecule has 0 saturated heterocycles. The van der Waals surface area contributed by atoms with Gasteiger partial charge in [0.2, 0.25) is 0 Å². The largest absolute Gasteiger partial charge is 0.417 e. The highest BCUT2D eigenvalue weighted by Gasteiger charge is 2.37. The average Bonchev–Trinajstić information content (AvgIpc) is 4.15. The van der Waals surface area contributed by atoms with Crippen molar-refractivity contribution in [2.45, 2.75) is 6.18 Å². The van der Waals surface area contributed by atoms with Gasteiger partial charge in [-0.05, 0) is 166 Å². The van der Waals surface area contributed by atoms with Gasteiger partial charge in [0, 0.05) is 32.7 Å². The van der Waals surface area contributed by atoms with Crippen LogP contribution in [0.2, 0.25) is 0 Å². The predicted octanol–water partition coefficient (Wildman–Crippen LogP) is 16.5. The lowest BCUT2D eigenvalue weighted by molar-refractivity contribution is -0.137. The van der Waals surface area contributed by atoms with Crippen molar-refractivity contribution in [1.29, 1.82) is 31.6 Å². The highest BCUT2D eigenvalue weighted by Crippen LogP contribution is 2.49. The van der Waals surface area contributed by atoms with Gasteiger partial charge in [-0.15, -0.1) is 0 Å². The quantitative estimate of drug-likeness (QED) is 0.155. The number of nitrogens with zero attached hydrogens (tertiary/aromatic N) is 8. The van der Waals surface area contributed by atoms with Gasteiger partial charge in [-0.2, -0.15) is 44.7 Å². The minimum absolute atomic E-state index is 0.0178. The number of nitriles is 6. The van der Waals surface area contributed by atoms with Gasteiger partial charge < -0.3 is 9.13 Å². The molecule has 0 bridgehead atoms. The maximum atomic E-state index is 15.9. The number of benzene rings is 10. The lowest BCUT2D eigenvalue weighted by Crippen LogP contribution is -2.12. The molecule has 0 unspecified atom stereocenters. The second-order valence-electron chi connectivity index (χ2n) is 18.7. The van der Waals surface area contributed by atoms with Crippen molar-refractivity contribution in [1.82, 2.24) is 9.13 Å². The molecule has 0 N–H and O–H groups in total. The van der Waals surface area contributed by atoms with Gasteiger partial charge in [0.25, 0.3) is 0 Å². The van der Waals surface area contributed by atoms with Crippen LogP contribution in [0.4, 0.5) is 13.2 Å². The fraction of sp³-hybridized carbons (Fsp3) is 0.0149. The number of aromatic nitrogens is 2. The number of hydrogen-bond donors (Lipinski definition) is 0. The van der Waals surface area contributed by atoms with E-state index in [0.29, 0.717) is 65.9 Å². The van der Waals surface area contributed by atoms with Crippen LogP contribution in [-0.4, -0.2) is 9.13 Å². The Labute approximate surface area is 444 Å². The van der Waals surface area contributed by atoms with E-state index in [2.05, 4.69) is 36.4 Å². The third-order valence-corrected chi connectivity index (χ3v) is 14.3. The molecule has 0 fully saturated rings. The molecule has 78 heavy (non-hydrogen) atoms. The molecule has 12 rings (SSSR count). The SMILES string of the molecule is N#Cc1cccc(-c2ccc3c(c2)c2cc(-c4cccc(C#N)c4)ccc2n3-c2cc(C#N)cc(-n3c4ccc(-c5cccc(C#N)c5)cc4c4cc(-c5cccc(C#N)c5)ccc43)c2-c2c(C#N)cccc2C(F)(F)F)c1. The maximum Gasteiger partial charge on any atom is 0.417 e. The molecule has 2 heterocycles. The first-order chi connectivity index (χ1) is 38.0. The molecule has 0 aliphatic rings. The van der Waals surface area contributed by atoms with Crippen LogP contribution in [0, 0.1) is 68.0 Å². The zero-order valence-corrected chi connectivity index (χ0v) is 40.8. The van der Waals surface area contributed by atoms with Gasteiger partial charge in [0.1, 0.15) is 0 Å². The Kier molecular flexibility index (Phi) is 11.4. The molecule has 0 radical (unpaired) electrons. The van der Waals surface area contributed by atoms with Crippen LogP contribution in [0.1, 0.15) is 38.9 Å². The van der Waals surface area contributed by atoms with Crippen LogP contribution in [0.15, 0.2) is 200 Å². The molecular formula is C67H33F3N8. The summed E-state index contributed by atoms with van der Waals surface area (Å²) >= 11 is 0. The summed E-state index contributed by atoms with van der Waals surface area (Å²) in [6.07, 6.45) is -4.97. The summed E-state index contributed by atoms with van der Waals surface area (Å²) in [7, 11) is 0. The van der Waals surface area contributed by atoms with E-state index in [0.717, 1.165) is 50.6 Å². The van der Waals surface area contributed by atoms with Crippen LogP contribution in [0.25, 0.3) is 111 Å². The molecule has 0 atom stereocenters. The molecule has 0 aliphatic carbocycles. The summed E-state index contributed by atoms with van der Waals surface area (Å²) in [5.41, 5.74) is 8.95. The minimum Gasteiger partial charge on any atom is -0.308 e. The Morgan fingerprint density at radius 3 is 0.897 bits per heavy atom. The maximum absolute atomic E-state index is 15.9. The van der Waals surface area contributed by atoms with E-state index in [4.69, 9.17) is 0 Å². The van der Waals surface area contributed by atoms with Crippen molar-refractivity contribution < 1.29 is 13.2 Å². The molecular weight excluding hydrogens is 974 g/mol. The molecule has 0 amide bonds. The topological polar surface area (TPSA) is 153 Å². The standard InChI is InChI=1S/C67H33F3N8/c68-67(69,70)58-15-5-14-53(39-76)65(58)66-63(77-59-20-16-49(45-10-1-6-40(24-45)34-71)30-54(59)55-31-50(17-21-60(55)77)46-11-2-7-41(25-46)35-72)28-44(38-75)29-64(66)78-61-22-18-51(47-12-3-8-42(26-47)36-73)32-56(61)57-33-52(19-23-62(57)78)48-13-4-9-43(27-48)37-74/h1-33H. The molecule has 0 spiro atoms. The first-order valence-corrected chi connectivity index (χ1v) is 24.4. The van der Waals surface area contributed by atoms with Crippen molar-refractivity contribution >= 4 is 43.6 Å². The lowest BCUT2D eigenvalue weighted by atomic mass is 9.90. The highest BCUT2D eigenvalue weighted by molar-refractivity contribution is 6.15. The number of hydrogen-bond acceptors (Lipinski definition) is 6. The normalized spacial score (nSPS) is 11.2. The molecule has 11 heteroatoms. The van der Waals surface area contributed by atoms with E-state index in [9.17, 15) is 31.6 Å². The second kappa shape index (κ2) is 18.8. The van der Waals surface area contributed by atoms with Crippen molar-refractivity contribution in [3.8, 4) is 103 Å². The summed E-state index contributed by atoms with van der Waals surface area (Å²) in [5.74, 6) is 0. The fourth-order valence-electron chi connectivity index (χ4n) is 10.8. The molecule has 2 aromatic heterocycles. The van der Waals surface area contributed by atoms with Crippen molar-refractivity contribution in [2.24, 2.45) is 0 Å². The van der Waals surface area contributed by atoms with Gasteiger partial charge in [-0.1, -0.05) is 78.9 Å². The van der Waals surface area contributed by atoms with E-state index < -0.39 is 17.3 Å². The molecule has 8 nitrogen and oxygen atoms in total. The number of alkyl halides is 3. The molecule has 0 aliphatic heterocycles. The minimum atomic E-state index is -4.97. The van der Waals surface area contributed by atoms with Crippen molar-refractivity contribution in [3.05, 3.63) is 239 Å². The van der Waals surface area contributed by atoms with E-state index in [1.54, 1.807) is 84.9 Å². The fourth-order valence-corrected chi connectivity index (χ4v) is 10.8. The van der Waals surface area contributed by atoms with E-state index in [1.165, 1.54) is 12.1 Å². The van der Waals surface area contributed by atoms with Gasteiger partial charge in [-0.3, -0.25) is 0 Å². The Morgan fingerprint density at radius 1 is 0.295 bits per heavy atom. The molecule has 10 aromatic carbocycles. The second-order valence-corrected chi connectivity index (χ2v) is 18.7. The number of fused-ring (bicyclic) bond motifs is 6. The number of rotatable bonds is 7. The first kappa shape index (κ1) is 47.5. The summed E-state index contributed by atoms with van der Waals surface area (Å²) in [6.45, 7) is 0. The van der Waals surface area contributed by atoms with Crippen LogP contribution < -0.4 is 0 Å². The first-order valence-electron chi connectivity index (χ1n) is 24.4. The molecule has 0 saturated carbocycles. The van der Waals surface area contributed by atoms with Gasteiger partial charge in [-0.25, -0.2) is 0 Å². The third kappa shape index (κ3) is 7.99. The van der Waals surface area contributed by atoms with E-state index in [1.807, 2.05) is 106 Å². The highest BCUT2D eigenvalue weighted by atomic mass is 19.4. The summed E-state index contributed by atoms with van der Waals surface area (Å²) in [5, 5.41) is 64.2. The monoisotopic (exact) mass is 1010 g/mol. The predicted molar refractivity (Wildman–Crippen MR) is 296 cm³/mol. The van der Waals surface area contributed by atoms with E-state index >= 15 is 13.2 Å². The van der Waals surface area contributed by atoms with Gasteiger partial charge >= 0.3 is 6.18 Å². The van der Waals surface area contributed by atoms with Crippen LogP contribution in [0.5, 0.6) is 0 Å². The average molecular weight is 1010 g/mol. The Morgan fingerprint density at radius 2 is 0.603 bits per heavy atom. The van der Waals surface area contributed by atoms with Gasteiger partial charge in [0.15, 0.2) is 0 Å². The molecule has 362 valence electrons. The van der Waals surface area contributed by atoms with Gasteiger partial charge in [0.05, 0.1) is 109 Å². The summed E-state index contributed by atoms with van der Waals surface area (Å²) in [4.78, 5) is 0. The van der Waals surface area contributed by atoms with Crippen LogP contribution >= 0.6 is 0 Å². The van der Waals surface area contributed by atoms with Crippen LogP contribution in [-0.2, 0) is 6.18 Å². The third-order valence-electron chi connectivity index (χ3n) is 14.3. The van der Waals surface area contributed by atoms with Crippen molar-refractivity contribution in [3.63, 3.8) is 0 Å². The van der Waals surface area contributed by atoms with Crippen molar-refractivity contribution in [2.75, 3.05) is 0 Å². The smallest absolute Gasteiger partial charge is 0.308 e. The Balaban J connectivity index is 1.24.